The van der Waals surface area contributed by atoms with Gasteiger partial charge in [-0.1, -0.05) is 152 Å². The zero-order valence-electron chi connectivity index (χ0n) is 28.3. The third-order valence-electron chi connectivity index (χ3n) is 9.89. The molecule has 0 saturated heterocycles. The van der Waals surface area contributed by atoms with Gasteiger partial charge in [-0.05, 0) is 93.5 Å². The Balaban J connectivity index is 1.08. The van der Waals surface area contributed by atoms with Crippen molar-refractivity contribution < 1.29 is 4.42 Å². The molecule has 8 aromatic carbocycles. The minimum atomic E-state index is 0.903. The van der Waals surface area contributed by atoms with E-state index in [4.69, 9.17) is 4.42 Å². The van der Waals surface area contributed by atoms with Crippen LogP contribution in [-0.2, 0) is 0 Å². The van der Waals surface area contributed by atoms with E-state index in [9.17, 15) is 0 Å². The molecule has 9 rings (SSSR count). The summed E-state index contributed by atoms with van der Waals surface area (Å²) in [7, 11) is 0. The first-order chi connectivity index (χ1) is 25.2. The molecule has 2 nitrogen and oxygen atoms in total. The Hall–Kier alpha value is -6.64. The highest BCUT2D eigenvalue weighted by Crippen LogP contribution is 2.40. The Morgan fingerprint density at radius 1 is 0.373 bits per heavy atom. The van der Waals surface area contributed by atoms with Crippen LogP contribution in [0.1, 0.15) is 5.56 Å². The molecule has 2 heteroatoms. The van der Waals surface area contributed by atoms with Gasteiger partial charge in [-0.3, -0.25) is 0 Å². The van der Waals surface area contributed by atoms with Gasteiger partial charge in [0, 0.05) is 33.6 Å². The van der Waals surface area contributed by atoms with E-state index in [2.05, 4.69) is 194 Å². The smallest absolute Gasteiger partial charge is 0.138 e. The Kier molecular flexibility index (Phi) is 7.75. The maximum atomic E-state index is 6.40. The van der Waals surface area contributed by atoms with Gasteiger partial charge < -0.3 is 9.32 Å². The molecule has 1 heterocycles. The summed E-state index contributed by atoms with van der Waals surface area (Å²) in [5.74, 6) is 0.903. The summed E-state index contributed by atoms with van der Waals surface area (Å²) in [5, 5.41) is 3.67. The maximum absolute atomic E-state index is 6.40. The van der Waals surface area contributed by atoms with Crippen molar-refractivity contribution >= 4 is 38.8 Å². The number of fused-ring (bicyclic) bond motifs is 2. The lowest BCUT2D eigenvalue weighted by Crippen LogP contribution is -2.10. The number of furan rings is 1. The highest BCUT2D eigenvalue weighted by molar-refractivity contribution is 5.97. The van der Waals surface area contributed by atoms with Crippen molar-refractivity contribution in [2.24, 2.45) is 0 Å². The lowest BCUT2D eigenvalue weighted by atomic mass is 9.96. The lowest BCUT2D eigenvalue weighted by Gasteiger charge is -2.26. The molecule has 0 N–H and O–H groups in total. The van der Waals surface area contributed by atoms with Crippen LogP contribution in [-0.4, -0.2) is 0 Å². The SMILES string of the molecule is Cc1c(-c2cccc(N(c3ccc(-c4ccccc4)cc3)c3ccc(-c4ccc(-c5cccc6ccccc56)cc4)cc3)c2)oc2ccccc12. The van der Waals surface area contributed by atoms with Crippen LogP contribution in [0.3, 0.4) is 0 Å². The highest BCUT2D eigenvalue weighted by atomic mass is 16.3. The minimum absolute atomic E-state index is 0.903. The van der Waals surface area contributed by atoms with Crippen LogP contribution < -0.4 is 4.90 Å². The van der Waals surface area contributed by atoms with Crippen molar-refractivity contribution in [3.63, 3.8) is 0 Å². The number of benzene rings is 8. The Bertz CT molecular complexity index is 2610. The molecule has 0 spiro atoms. The molecule has 0 radical (unpaired) electrons. The molecule has 0 fully saturated rings. The molecule has 51 heavy (non-hydrogen) atoms. The number of nitrogens with zero attached hydrogens (tertiary/aromatic N) is 1. The van der Waals surface area contributed by atoms with Crippen molar-refractivity contribution in [3.05, 3.63) is 200 Å². The maximum Gasteiger partial charge on any atom is 0.138 e. The van der Waals surface area contributed by atoms with Crippen LogP contribution in [0.2, 0.25) is 0 Å². The average molecular weight is 654 g/mol. The third kappa shape index (κ3) is 5.77. The molecule has 0 aliphatic carbocycles. The van der Waals surface area contributed by atoms with E-state index in [-0.39, 0.29) is 0 Å². The molecule has 9 aromatic rings. The molecular weight excluding hydrogens is 619 g/mol. The monoisotopic (exact) mass is 653 g/mol. The number of anilines is 3. The van der Waals surface area contributed by atoms with Gasteiger partial charge >= 0.3 is 0 Å². The van der Waals surface area contributed by atoms with Crippen molar-refractivity contribution in [1.29, 1.82) is 0 Å². The molecule has 0 saturated carbocycles. The summed E-state index contributed by atoms with van der Waals surface area (Å²) in [5.41, 5.74) is 13.6. The first kappa shape index (κ1) is 30.4. The second-order valence-electron chi connectivity index (χ2n) is 13.0. The molecule has 0 aliphatic rings. The predicted octanol–water partition coefficient (Wildman–Crippen LogP) is 14.0. The topological polar surface area (TPSA) is 16.4 Å². The van der Waals surface area contributed by atoms with Crippen molar-refractivity contribution in [3.8, 4) is 44.7 Å². The normalized spacial score (nSPS) is 11.2. The first-order valence-corrected chi connectivity index (χ1v) is 17.4. The van der Waals surface area contributed by atoms with Crippen molar-refractivity contribution in [2.75, 3.05) is 4.90 Å². The quantitative estimate of drug-likeness (QED) is 0.170. The summed E-state index contributed by atoms with van der Waals surface area (Å²) in [4.78, 5) is 2.32. The number of hydrogen-bond acceptors (Lipinski definition) is 2. The number of aryl methyl sites for hydroxylation is 1. The van der Waals surface area contributed by atoms with E-state index in [0.29, 0.717) is 0 Å². The largest absolute Gasteiger partial charge is 0.456 e. The van der Waals surface area contributed by atoms with Crippen LogP contribution >= 0.6 is 0 Å². The van der Waals surface area contributed by atoms with Crippen LogP contribution in [0, 0.1) is 6.92 Å². The summed E-state index contributed by atoms with van der Waals surface area (Å²) in [6.45, 7) is 2.14. The molecule has 0 aliphatic heterocycles. The van der Waals surface area contributed by atoms with E-state index in [0.717, 1.165) is 44.9 Å². The average Bonchev–Trinajstić information content (AvgIpc) is 3.55. The fourth-order valence-corrected chi connectivity index (χ4v) is 7.24. The molecule has 242 valence electrons. The summed E-state index contributed by atoms with van der Waals surface area (Å²) < 4.78 is 6.40. The van der Waals surface area contributed by atoms with Gasteiger partial charge in [-0.15, -0.1) is 0 Å². The fraction of sp³-hybridized carbons (Fsp3) is 0.0204. The van der Waals surface area contributed by atoms with Crippen LogP contribution in [0.15, 0.2) is 199 Å². The molecule has 0 bridgehead atoms. The summed E-state index contributed by atoms with van der Waals surface area (Å²) in [6.07, 6.45) is 0. The van der Waals surface area contributed by atoms with Gasteiger partial charge in [-0.25, -0.2) is 0 Å². The Morgan fingerprint density at radius 2 is 0.882 bits per heavy atom. The third-order valence-corrected chi connectivity index (χ3v) is 9.89. The molecule has 0 atom stereocenters. The van der Waals surface area contributed by atoms with E-state index in [1.54, 1.807) is 0 Å². The summed E-state index contributed by atoms with van der Waals surface area (Å²) >= 11 is 0. The summed E-state index contributed by atoms with van der Waals surface area (Å²) in [6, 6.07) is 69.2. The predicted molar refractivity (Wildman–Crippen MR) is 215 cm³/mol. The van der Waals surface area contributed by atoms with E-state index < -0.39 is 0 Å². The molecule has 1 aromatic heterocycles. The van der Waals surface area contributed by atoms with Crippen LogP contribution in [0.5, 0.6) is 0 Å². The highest BCUT2D eigenvalue weighted by Gasteiger charge is 2.17. The fourth-order valence-electron chi connectivity index (χ4n) is 7.24. The van der Waals surface area contributed by atoms with Crippen molar-refractivity contribution in [2.45, 2.75) is 6.92 Å². The standard InChI is InChI=1S/C49H35NO/c1-34-45-17-7-8-20-48(45)51-49(34)41-15-9-16-44(33-41)50(42-29-25-37(26-30-42)35-11-3-2-4-12-35)43-31-27-38(28-32-43)36-21-23-40(24-22-36)47-19-10-14-39-13-5-6-18-46(39)47/h2-33H,1H3. The van der Waals surface area contributed by atoms with Gasteiger partial charge in [-0.2, -0.15) is 0 Å². The minimum Gasteiger partial charge on any atom is -0.456 e. The number of hydrogen-bond donors (Lipinski definition) is 0. The zero-order chi connectivity index (χ0) is 34.1. The second kappa shape index (κ2) is 13.0. The van der Waals surface area contributed by atoms with E-state index in [1.807, 2.05) is 12.1 Å². The second-order valence-corrected chi connectivity index (χ2v) is 13.0. The van der Waals surface area contributed by atoms with Gasteiger partial charge in [0.15, 0.2) is 0 Å². The number of rotatable bonds is 7. The molecule has 0 amide bonds. The van der Waals surface area contributed by atoms with E-state index in [1.165, 1.54) is 44.2 Å². The number of para-hydroxylation sites is 1. The van der Waals surface area contributed by atoms with Crippen molar-refractivity contribution in [1.82, 2.24) is 0 Å². The molecular formula is C49H35NO. The van der Waals surface area contributed by atoms with Gasteiger partial charge in [0.1, 0.15) is 11.3 Å². The Labute approximate surface area is 298 Å². The first-order valence-electron chi connectivity index (χ1n) is 17.4. The van der Waals surface area contributed by atoms with Gasteiger partial charge in [0.25, 0.3) is 0 Å². The van der Waals surface area contributed by atoms with Gasteiger partial charge in [0.05, 0.1) is 0 Å². The lowest BCUT2D eigenvalue weighted by molar-refractivity contribution is 0.629. The molecule has 0 unspecified atom stereocenters. The zero-order valence-corrected chi connectivity index (χ0v) is 28.3. The van der Waals surface area contributed by atoms with Gasteiger partial charge in [0.2, 0.25) is 0 Å². The Morgan fingerprint density at radius 3 is 1.57 bits per heavy atom. The van der Waals surface area contributed by atoms with Crippen LogP contribution in [0.25, 0.3) is 66.4 Å². The van der Waals surface area contributed by atoms with E-state index >= 15 is 0 Å². The van der Waals surface area contributed by atoms with Crippen LogP contribution in [0.4, 0.5) is 17.1 Å².